The summed E-state index contributed by atoms with van der Waals surface area (Å²) in [5.41, 5.74) is 6.55. The van der Waals surface area contributed by atoms with E-state index in [2.05, 4.69) is 5.32 Å². The second-order valence-corrected chi connectivity index (χ2v) is 6.08. The number of nitrogens with two attached hydrogens (primary N) is 1. The van der Waals surface area contributed by atoms with Crippen molar-refractivity contribution in [1.29, 1.82) is 0 Å². The average Bonchev–Trinajstić information content (AvgIpc) is 3.26. The maximum atomic E-state index is 12.4. The zero-order valence-electron chi connectivity index (χ0n) is 13.3. The van der Waals surface area contributed by atoms with Crippen molar-refractivity contribution in [3.63, 3.8) is 0 Å². The molecule has 0 radical (unpaired) electrons. The number of rotatable bonds is 6. The van der Waals surface area contributed by atoms with Gasteiger partial charge in [0.25, 0.3) is 0 Å². The van der Waals surface area contributed by atoms with Crippen LogP contribution in [0.2, 0.25) is 0 Å². The maximum absolute atomic E-state index is 12.4. The van der Waals surface area contributed by atoms with Gasteiger partial charge in [-0.2, -0.15) is 13.2 Å². The third kappa shape index (κ3) is 5.43. The van der Waals surface area contributed by atoms with Crippen LogP contribution in [-0.2, 0) is 0 Å². The number of carbonyl (C=O) groups excluding carboxylic acids is 2. The summed E-state index contributed by atoms with van der Waals surface area (Å²) >= 11 is 0. The Bertz CT molecular complexity index is 627. The summed E-state index contributed by atoms with van der Waals surface area (Å²) in [7, 11) is 0. The van der Waals surface area contributed by atoms with Gasteiger partial charge in [0.15, 0.2) is 0 Å². The molecule has 0 aliphatic heterocycles. The molecule has 0 bridgehead atoms. The van der Waals surface area contributed by atoms with Crippen LogP contribution in [0, 0.1) is 12.8 Å². The number of aryl methyl sites for hydroxylation is 1. The number of primary amides is 1. The van der Waals surface area contributed by atoms with Crippen molar-refractivity contribution in [2.75, 3.05) is 18.4 Å². The smallest absolute Gasteiger partial charge is 0.366 e. The third-order valence-corrected chi connectivity index (χ3v) is 3.87. The summed E-state index contributed by atoms with van der Waals surface area (Å²) in [6.45, 7) is 1.62. The lowest BCUT2D eigenvalue weighted by molar-refractivity contribution is -0.136. The van der Waals surface area contributed by atoms with Gasteiger partial charge in [-0.25, -0.2) is 4.79 Å². The molecule has 5 nitrogen and oxygen atoms in total. The minimum atomic E-state index is -4.30. The number of halogens is 3. The molecule has 24 heavy (non-hydrogen) atoms. The molecule has 1 aromatic rings. The molecule has 0 atom stereocenters. The number of amides is 3. The van der Waals surface area contributed by atoms with E-state index in [0.29, 0.717) is 23.4 Å². The zero-order valence-corrected chi connectivity index (χ0v) is 13.3. The lowest BCUT2D eigenvalue weighted by Crippen LogP contribution is -2.38. The van der Waals surface area contributed by atoms with Crippen molar-refractivity contribution in [1.82, 2.24) is 4.90 Å². The average molecular weight is 343 g/mol. The molecule has 8 heteroatoms. The summed E-state index contributed by atoms with van der Waals surface area (Å²) in [6, 6.07) is 3.98. The molecular formula is C16H20F3N3O2. The second kappa shape index (κ2) is 7.11. The van der Waals surface area contributed by atoms with E-state index in [9.17, 15) is 22.8 Å². The van der Waals surface area contributed by atoms with Crippen LogP contribution in [0.3, 0.4) is 0 Å². The first-order valence-electron chi connectivity index (χ1n) is 7.69. The predicted octanol–water partition coefficient (Wildman–Crippen LogP) is 3.29. The number of benzene rings is 1. The maximum Gasteiger partial charge on any atom is 0.390 e. The summed E-state index contributed by atoms with van der Waals surface area (Å²) in [4.78, 5) is 24.7. The van der Waals surface area contributed by atoms with Gasteiger partial charge < -0.3 is 16.0 Å². The number of nitrogens with zero attached hydrogens (tertiary/aromatic N) is 1. The SMILES string of the molecule is Cc1cc(NC(=O)N(CCC(F)(F)F)CC2CC2)ccc1C(N)=O. The van der Waals surface area contributed by atoms with Crippen molar-refractivity contribution in [2.24, 2.45) is 11.7 Å². The Morgan fingerprint density at radius 3 is 2.50 bits per heavy atom. The Morgan fingerprint density at radius 1 is 1.33 bits per heavy atom. The van der Waals surface area contributed by atoms with E-state index in [4.69, 9.17) is 5.73 Å². The first-order chi connectivity index (χ1) is 11.2. The lowest BCUT2D eigenvalue weighted by Gasteiger charge is -2.24. The molecule has 1 saturated carbocycles. The molecule has 1 aliphatic rings. The van der Waals surface area contributed by atoms with Crippen LogP contribution in [-0.4, -0.2) is 36.1 Å². The number of carbonyl (C=O) groups is 2. The Kier molecular flexibility index (Phi) is 5.36. The van der Waals surface area contributed by atoms with Gasteiger partial charge in [0.2, 0.25) is 5.91 Å². The van der Waals surface area contributed by atoms with Gasteiger partial charge in [-0.05, 0) is 49.4 Å². The number of hydrogen-bond donors (Lipinski definition) is 2. The normalized spacial score (nSPS) is 14.3. The van der Waals surface area contributed by atoms with E-state index in [1.54, 1.807) is 13.0 Å². The number of urea groups is 1. The molecule has 3 amide bonds. The molecule has 0 heterocycles. The zero-order chi connectivity index (χ0) is 17.9. The summed E-state index contributed by atoms with van der Waals surface area (Å²) in [6.07, 6.45) is -3.47. The highest BCUT2D eigenvalue weighted by atomic mass is 19.4. The molecule has 0 saturated heterocycles. The van der Waals surface area contributed by atoms with Gasteiger partial charge in [-0.1, -0.05) is 0 Å². The summed E-state index contributed by atoms with van der Waals surface area (Å²) < 4.78 is 37.3. The second-order valence-electron chi connectivity index (χ2n) is 6.08. The minimum absolute atomic E-state index is 0.281. The number of hydrogen-bond acceptors (Lipinski definition) is 2. The van der Waals surface area contributed by atoms with Gasteiger partial charge in [-0.3, -0.25) is 4.79 Å². The largest absolute Gasteiger partial charge is 0.390 e. The van der Waals surface area contributed by atoms with Crippen LogP contribution in [0.25, 0.3) is 0 Å². The van der Waals surface area contributed by atoms with Gasteiger partial charge in [-0.15, -0.1) is 0 Å². The predicted molar refractivity (Wildman–Crippen MR) is 83.7 cm³/mol. The minimum Gasteiger partial charge on any atom is -0.366 e. The fourth-order valence-electron chi connectivity index (χ4n) is 2.37. The van der Waals surface area contributed by atoms with Crippen LogP contribution in [0.15, 0.2) is 18.2 Å². The highest BCUT2D eigenvalue weighted by molar-refractivity contribution is 5.96. The van der Waals surface area contributed by atoms with Crippen LogP contribution in [0.5, 0.6) is 0 Å². The van der Waals surface area contributed by atoms with Gasteiger partial charge in [0.05, 0.1) is 6.42 Å². The Balaban J connectivity index is 2.03. The topological polar surface area (TPSA) is 75.4 Å². The highest BCUT2D eigenvalue weighted by Crippen LogP contribution is 2.30. The quantitative estimate of drug-likeness (QED) is 0.832. The molecule has 132 valence electrons. The Hall–Kier alpha value is -2.25. The van der Waals surface area contributed by atoms with Crippen molar-refractivity contribution < 1.29 is 22.8 Å². The van der Waals surface area contributed by atoms with Gasteiger partial charge in [0.1, 0.15) is 0 Å². The molecular weight excluding hydrogens is 323 g/mol. The van der Waals surface area contributed by atoms with E-state index < -0.39 is 24.5 Å². The number of nitrogens with one attached hydrogen (secondary N) is 1. The fourth-order valence-corrected chi connectivity index (χ4v) is 2.37. The first-order valence-corrected chi connectivity index (χ1v) is 7.69. The van der Waals surface area contributed by atoms with E-state index >= 15 is 0 Å². The van der Waals surface area contributed by atoms with Crippen LogP contribution >= 0.6 is 0 Å². The van der Waals surface area contributed by atoms with Crippen LogP contribution < -0.4 is 11.1 Å². The lowest BCUT2D eigenvalue weighted by atomic mass is 10.1. The van der Waals surface area contributed by atoms with Crippen molar-refractivity contribution in [3.8, 4) is 0 Å². The van der Waals surface area contributed by atoms with Crippen molar-refractivity contribution in [3.05, 3.63) is 29.3 Å². The molecule has 1 fully saturated rings. The standard InChI is InChI=1S/C16H20F3N3O2/c1-10-8-12(4-5-13(10)14(20)23)21-15(24)22(9-11-2-3-11)7-6-16(17,18)19/h4-5,8,11H,2-3,6-7,9H2,1H3,(H2,20,23)(H,21,24). The van der Waals surface area contributed by atoms with E-state index in [-0.39, 0.29) is 12.5 Å². The molecule has 1 aliphatic carbocycles. The monoisotopic (exact) mass is 343 g/mol. The molecule has 1 aromatic carbocycles. The summed E-state index contributed by atoms with van der Waals surface area (Å²) in [5.74, 6) is -0.297. The van der Waals surface area contributed by atoms with Gasteiger partial charge in [0, 0.05) is 24.3 Å². The fraction of sp³-hybridized carbons (Fsp3) is 0.500. The molecule has 2 rings (SSSR count). The number of alkyl halides is 3. The van der Waals surface area contributed by atoms with Crippen molar-refractivity contribution >= 4 is 17.6 Å². The third-order valence-electron chi connectivity index (χ3n) is 3.87. The van der Waals surface area contributed by atoms with Gasteiger partial charge >= 0.3 is 12.2 Å². The summed E-state index contributed by atoms with van der Waals surface area (Å²) in [5, 5.41) is 2.59. The van der Waals surface area contributed by atoms with Crippen LogP contribution in [0.1, 0.15) is 35.2 Å². The van der Waals surface area contributed by atoms with E-state index in [1.165, 1.54) is 17.0 Å². The Morgan fingerprint density at radius 2 is 2.00 bits per heavy atom. The molecule has 3 N–H and O–H groups in total. The molecule has 0 aromatic heterocycles. The highest BCUT2D eigenvalue weighted by Gasteiger charge is 2.32. The molecule has 0 spiro atoms. The Labute approximate surface area is 138 Å². The van der Waals surface area contributed by atoms with E-state index in [0.717, 1.165) is 12.8 Å². The number of anilines is 1. The first kappa shape index (κ1) is 18.1. The molecule has 0 unspecified atom stereocenters. The van der Waals surface area contributed by atoms with Crippen molar-refractivity contribution in [2.45, 2.75) is 32.4 Å². The van der Waals surface area contributed by atoms with Crippen LogP contribution in [0.4, 0.5) is 23.7 Å². The van der Waals surface area contributed by atoms with E-state index in [1.807, 2.05) is 0 Å².